The summed E-state index contributed by atoms with van der Waals surface area (Å²) in [5.41, 5.74) is 0. The van der Waals surface area contributed by atoms with Crippen molar-refractivity contribution in [1.82, 2.24) is 15.1 Å². The molecule has 0 spiro atoms. The van der Waals surface area contributed by atoms with E-state index in [4.69, 9.17) is 0 Å². The number of rotatable bonds is 1. The minimum absolute atomic E-state index is 0.265. The molecule has 2 fully saturated rings. The number of amides is 1. The molecule has 0 aromatic heterocycles. The van der Waals surface area contributed by atoms with E-state index in [2.05, 4.69) is 17.3 Å². The maximum Gasteiger partial charge on any atom is 0.237 e. The summed E-state index contributed by atoms with van der Waals surface area (Å²) in [6, 6.07) is 0. The maximum atomic E-state index is 11.8. The first-order chi connectivity index (χ1) is 6.79. The van der Waals surface area contributed by atoms with Gasteiger partial charge in [-0.15, -0.1) is 0 Å². The topological polar surface area (TPSA) is 35.6 Å². The van der Waals surface area contributed by atoms with Gasteiger partial charge in [-0.05, 0) is 39.4 Å². The van der Waals surface area contributed by atoms with Gasteiger partial charge in [-0.1, -0.05) is 0 Å². The van der Waals surface area contributed by atoms with E-state index in [1.807, 2.05) is 4.90 Å². The fraction of sp³-hybridized carbons (Fsp3) is 0.900. The smallest absolute Gasteiger partial charge is 0.237 e. The average molecular weight is 197 g/mol. The highest BCUT2D eigenvalue weighted by Crippen LogP contribution is 2.19. The van der Waals surface area contributed by atoms with Crippen molar-refractivity contribution >= 4 is 5.91 Å². The first-order valence-electron chi connectivity index (χ1n) is 5.49. The standard InChI is InChI=1S/C10H19N3O/c1-12-6-2-4-9(12)13-7-3-5-11-8-10(13)14/h9,11H,2-8H2,1H3. The molecule has 0 radical (unpaired) electrons. The largest absolute Gasteiger partial charge is 0.326 e. The van der Waals surface area contributed by atoms with Crippen LogP contribution in [0.4, 0.5) is 0 Å². The van der Waals surface area contributed by atoms with Crippen molar-refractivity contribution in [3.8, 4) is 0 Å². The molecule has 0 aliphatic carbocycles. The Bertz CT molecular complexity index is 219. The third-order valence-corrected chi connectivity index (χ3v) is 3.19. The maximum absolute atomic E-state index is 11.8. The summed E-state index contributed by atoms with van der Waals surface area (Å²) in [6.07, 6.45) is 3.80. The Balaban J connectivity index is 2.02. The van der Waals surface area contributed by atoms with E-state index in [9.17, 15) is 4.79 Å². The summed E-state index contributed by atoms with van der Waals surface area (Å²) in [4.78, 5) is 16.1. The number of nitrogens with zero attached hydrogens (tertiary/aromatic N) is 2. The minimum atomic E-state index is 0.265. The Labute approximate surface area is 85.2 Å². The van der Waals surface area contributed by atoms with Crippen LogP contribution in [0.15, 0.2) is 0 Å². The zero-order valence-corrected chi connectivity index (χ0v) is 8.83. The number of carbonyl (C=O) groups is 1. The van der Waals surface area contributed by atoms with E-state index < -0.39 is 0 Å². The van der Waals surface area contributed by atoms with Crippen LogP contribution in [-0.2, 0) is 4.79 Å². The second kappa shape index (κ2) is 4.28. The lowest BCUT2D eigenvalue weighted by molar-refractivity contribution is -0.134. The van der Waals surface area contributed by atoms with Crippen LogP contribution in [0.5, 0.6) is 0 Å². The minimum Gasteiger partial charge on any atom is -0.326 e. The van der Waals surface area contributed by atoms with Crippen LogP contribution in [-0.4, -0.2) is 55.1 Å². The molecule has 0 saturated carbocycles. The van der Waals surface area contributed by atoms with Gasteiger partial charge in [0.2, 0.25) is 5.91 Å². The molecule has 1 unspecified atom stereocenters. The Morgan fingerprint density at radius 1 is 1.36 bits per heavy atom. The number of nitrogens with one attached hydrogen (secondary N) is 1. The Morgan fingerprint density at radius 2 is 2.21 bits per heavy atom. The van der Waals surface area contributed by atoms with Crippen molar-refractivity contribution < 1.29 is 4.79 Å². The molecule has 2 rings (SSSR count). The molecule has 14 heavy (non-hydrogen) atoms. The number of hydrogen-bond acceptors (Lipinski definition) is 3. The zero-order chi connectivity index (χ0) is 9.97. The Hall–Kier alpha value is -0.610. The van der Waals surface area contributed by atoms with Crippen molar-refractivity contribution in [3.63, 3.8) is 0 Å². The molecule has 1 amide bonds. The van der Waals surface area contributed by atoms with Crippen LogP contribution in [0.3, 0.4) is 0 Å². The molecule has 1 N–H and O–H groups in total. The summed E-state index contributed by atoms with van der Waals surface area (Å²) in [5, 5.41) is 3.16. The van der Waals surface area contributed by atoms with Crippen molar-refractivity contribution in [2.24, 2.45) is 0 Å². The third-order valence-electron chi connectivity index (χ3n) is 3.19. The molecular formula is C10H19N3O. The first-order valence-corrected chi connectivity index (χ1v) is 5.49. The van der Waals surface area contributed by atoms with Gasteiger partial charge >= 0.3 is 0 Å². The molecule has 0 aromatic rings. The van der Waals surface area contributed by atoms with E-state index in [-0.39, 0.29) is 5.91 Å². The lowest BCUT2D eigenvalue weighted by atomic mass is 10.3. The van der Waals surface area contributed by atoms with Gasteiger partial charge in [-0.2, -0.15) is 0 Å². The van der Waals surface area contributed by atoms with Crippen LogP contribution in [0.2, 0.25) is 0 Å². The van der Waals surface area contributed by atoms with Crippen molar-refractivity contribution in [2.75, 3.05) is 33.2 Å². The summed E-state index contributed by atoms with van der Waals surface area (Å²) >= 11 is 0. The predicted molar refractivity (Wildman–Crippen MR) is 54.9 cm³/mol. The van der Waals surface area contributed by atoms with Gasteiger partial charge < -0.3 is 10.2 Å². The molecule has 4 nitrogen and oxygen atoms in total. The SMILES string of the molecule is CN1CCCC1N1CCCNCC1=O. The van der Waals surface area contributed by atoms with Crippen molar-refractivity contribution in [1.29, 1.82) is 0 Å². The molecule has 2 aliphatic rings. The number of likely N-dealkylation sites (tertiary alicyclic amines) is 1. The first kappa shape index (κ1) is 9.93. The average Bonchev–Trinajstić information content (AvgIpc) is 2.46. The zero-order valence-electron chi connectivity index (χ0n) is 8.83. The van der Waals surface area contributed by atoms with Crippen LogP contribution < -0.4 is 5.32 Å². The molecule has 2 aliphatic heterocycles. The molecule has 0 aromatic carbocycles. The second-order valence-electron chi connectivity index (χ2n) is 4.22. The second-order valence-corrected chi connectivity index (χ2v) is 4.22. The fourth-order valence-corrected chi connectivity index (χ4v) is 2.40. The molecule has 1 atom stereocenters. The van der Waals surface area contributed by atoms with E-state index in [1.165, 1.54) is 6.42 Å². The fourth-order valence-electron chi connectivity index (χ4n) is 2.40. The van der Waals surface area contributed by atoms with E-state index in [0.717, 1.165) is 32.5 Å². The monoisotopic (exact) mass is 197 g/mol. The molecule has 2 saturated heterocycles. The molecule has 0 bridgehead atoms. The van der Waals surface area contributed by atoms with Crippen LogP contribution >= 0.6 is 0 Å². The lowest BCUT2D eigenvalue weighted by Gasteiger charge is -2.32. The molecular weight excluding hydrogens is 178 g/mol. The summed E-state index contributed by atoms with van der Waals surface area (Å²) in [6.45, 7) is 3.53. The van der Waals surface area contributed by atoms with Crippen molar-refractivity contribution in [2.45, 2.75) is 25.4 Å². The third kappa shape index (κ3) is 1.91. The highest BCUT2D eigenvalue weighted by atomic mass is 16.2. The van der Waals surface area contributed by atoms with Crippen LogP contribution in [0.25, 0.3) is 0 Å². The lowest BCUT2D eigenvalue weighted by Crippen LogP contribution is -2.47. The van der Waals surface area contributed by atoms with E-state index in [0.29, 0.717) is 12.7 Å². The van der Waals surface area contributed by atoms with Gasteiger partial charge in [0.05, 0.1) is 12.7 Å². The van der Waals surface area contributed by atoms with Crippen molar-refractivity contribution in [3.05, 3.63) is 0 Å². The van der Waals surface area contributed by atoms with Gasteiger partial charge in [0, 0.05) is 6.54 Å². The van der Waals surface area contributed by atoms with Crippen LogP contribution in [0.1, 0.15) is 19.3 Å². The summed E-state index contributed by atoms with van der Waals surface area (Å²) < 4.78 is 0. The predicted octanol–water partition coefficient (Wildman–Crippen LogP) is -0.140. The van der Waals surface area contributed by atoms with Gasteiger partial charge in [-0.3, -0.25) is 9.69 Å². The molecule has 2 heterocycles. The highest BCUT2D eigenvalue weighted by molar-refractivity contribution is 5.78. The molecule has 80 valence electrons. The number of carbonyl (C=O) groups excluding carboxylic acids is 1. The normalized spacial score (nSPS) is 30.8. The molecule has 4 heteroatoms. The number of hydrogen-bond donors (Lipinski definition) is 1. The van der Waals surface area contributed by atoms with Gasteiger partial charge in [-0.25, -0.2) is 0 Å². The Kier molecular flexibility index (Phi) is 3.03. The van der Waals surface area contributed by atoms with Gasteiger partial charge in [0.1, 0.15) is 0 Å². The van der Waals surface area contributed by atoms with E-state index in [1.54, 1.807) is 0 Å². The highest BCUT2D eigenvalue weighted by Gasteiger charge is 2.30. The summed E-state index contributed by atoms with van der Waals surface area (Å²) in [5.74, 6) is 0.265. The Morgan fingerprint density at radius 3 is 2.93 bits per heavy atom. The quantitative estimate of drug-likeness (QED) is 0.635. The van der Waals surface area contributed by atoms with Gasteiger partial charge in [0.25, 0.3) is 0 Å². The van der Waals surface area contributed by atoms with Crippen LogP contribution in [0, 0.1) is 0 Å². The van der Waals surface area contributed by atoms with E-state index >= 15 is 0 Å². The van der Waals surface area contributed by atoms with Gasteiger partial charge in [0.15, 0.2) is 0 Å². The summed E-state index contributed by atoms with van der Waals surface area (Å²) in [7, 11) is 2.11.